The van der Waals surface area contributed by atoms with Gasteiger partial charge >= 0.3 is 0 Å². The van der Waals surface area contributed by atoms with Gasteiger partial charge in [-0.2, -0.15) is 10.4 Å². The van der Waals surface area contributed by atoms with Gasteiger partial charge in [-0.15, -0.1) is 0 Å². The van der Waals surface area contributed by atoms with Crippen LogP contribution in [0.25, 0.3) is 0 Å². The molecule has 0 fully saturated rings. The Labute approximate surface area is 83.5 Å². The number of hydrogen-bond donors (Lipinski definition) is 2. The summed E-state index contributed by atoms with van der Waals surface area (Å²) in [6.45, 7) is 4.30. The van der Waals surface area contributed by atoms with Gasteiger partial charge in [0.1, 0.15) is 17.5 Å². The van der Waals surface area contributed by atoms with E-state index in [2.05, 4.69) is 16.5 Å². The molecule has 0 spiro atoms. The fourth-order valence-corrected chi connectivity index (χ4v) is 1.25. The lowest BCUT2D eigenvalue weighted by Crippen LogP contribution is -2.26. The van der Waals surface area contributed by atoms with Gasteiger partial charge in [-0.05, 0) is 13.8 Å². The molecule has 76 valence electrons. The summed E-state index contributed by atoms with van der Waals surface area (Å²) >= 11 is 0. The summed E-state index contributed by atoms with van der Waals surface area (Å²) in [4.78, 5) is 0. The first-order valence-electron chi connectivity index (χ1n) is 4.50. The molecule has 0 saturated carbocycles. The quantitative estimate of drug-likeness (QED) is 0.726. The van der Waals surface area contributed by atoms with Crippen molar-refractivity contribution in [3.8, 4) is 6.07 Å². The summed E-state index contributed by atoms with van der Waals surface area (Å²) in [5.41, 5.74) is 6.82. The molecular weight excluding hydrogens is 178 g/mol. The lowest BCUT2D eigenvalue weighted by Gasteiger charge is -2.12. The molecule has 0 saturated heterocycles. The Kier molecular flexibility index (Phi) is 3.10. The summed E-state index contributed by atoms with van der Waals surface area (Å²) in [5, 5.41) is 16.2. The maximum Gasteiger partial charge on any atom is 0.142 e. The first kappa shape index (κ1) is 10.5. The standard InChI is InChI=1S/C9H15N5/c1-6(4-10)12-9-8(5-11)7(2)13-14(9)3/h6,12H,4,10H2,1-3H3. The fraction of sp³-hybridized carbons (Fsp3) is 0.556. The molecule has 0 bridgehead atoms. The lowest BCUT2D eigenvalue weighted by molar-refractivity contribution is 0.729. The van der Waals surface area contributed by atoms with E-state index in [1.807, 2.05) is 13.8 Å². The molecule has 1 aromatic heterocycles. The summed E-state index contributed by atoms with van der Waals surface area (Å²) in [6, 6.07) is 2.26. The van der Waals surface area contributed by atoms with Crippen molar-refractivity contribution in [2.24, 2.45) is 12.8 Å². The van der Waals surface area contributed by atoms with Gasteiger partial charge in [0.05, 0.1) is 5.69 Å². The van der Waals surface area contributed by atoms with Crippen LogP contribution in [0.1, 0.15) is 18.2 Å². The van der Waals surface area contributed by atoms with Crippen LogP contribution in [0.2, 0.25) is 0 Å². The molecule has 0 radical (unpaired) electrons. The van der Waals surface area contributed by atoms with Crippen molar-refractivity contribution in [3.05, 3.63) is 11.3 Å². The van der Waals surface area contributed by atoms with Crippen molar-refractivity contribution in [1.29, 1.82) is 5.26 Å². The van der Waals surface area contributed by atoms with Gasteiger partial charge < -0.3 is 11.1 Å². The average molecular weight is 193 g/mol. The minimum atomic E-state index is 0.136. The number of nitrogens with two attached hydrogens (primary N) is 1. The van der Waals surface area contributed by atoms with Crippen LogP contribution < -0.4 is 11.1 Å². The van der Waals surface area contributed by atoms with E-state index in [-0.39, 0.29) is 6.04 Å². The maximum absolute atomic E-state index is 8.92. The van der Waals surface area contributed by atoms with Gasteiger partial charge in [0.2, 0.25) is 0 Å². The third kappa shape index (κ3) is 1.86. The Bertz CT molecular complexity index is 360. The molecule has 1 unspecified atom stereocenters. The van der Waals surface area contributed by atoms with E-state index >= 15 is 0 Å². The second-order valence-electron chi connectivity index (χ2n) is 3.33. The third-order valence-corrected chi connectivity index (χ3v) is 2.07. The molecular formula is C9H15N5. The summed E-state index contributed by atoms with van der Waals surface area (Å²) in [5.74, 6) is 0.739. The van der Waals surface area contributed by atoms with E-state index in [0.29, 0.717) is 12.1 Å². The fourth-order valence-electron chi connectivity index (χ4n) is 1.25. The molecule has 1 rings (SSSR count). The van der Waals surface area contributed by atoms with Crippen molar-refractivity contribution in [2.45, 2.75) is 19.9 Å². The molecule has 1 aromatic rings. The second kappa shape index (κ2) is 4.11. The smallest absolute Gasteiger partial charge is 0.142 e. The molecule has 1 heterocycles. The third-order valence-electron chi connectivity index (χ3n) is 2.07. The minimum absolute atomic E-state index is 0.136. The van der Waals surface area contributed by atoms with Crippen LogP contribution in [-0.4, -0.2) is 22.4 Å². The normalized spacial score (nSPS) is 12.2. The van der Waals surface area contributed by atoms with E-state index in [0.717, 1.165) is 11.5 Å². The zero-order valence-corrected chi connectivity index (χ0v) is 8.70. The van der Waals surface area contributed by atoms with Crippen LogP contribution in [0.4, 0.5) is 5.82 Å². The van der Waals surface area contributed by atoms with Crippen molar-refractivity contribution in [2.75, 3.05) is 11.9 Å². The number of rotatable bonds is 3. The molecule has 0 aromatic carbocycles. The zero-order valence-electron chi connectivity index (χ0n) is 8.70. The van der Waals surface area contributed by atoms with E-state index in [4.69, 9.17) is 11.0 Å². The van der Waals surface area contributed by atoms with Crippen LogP contribution in [0, 0.1) is 18.3 Å². The Morgan fingerprint density at radius 2 is 2.36 bits per heavy atom. The number of nitrogens with zero attached hydrogens (tertiary/aromatic N) is 3. The first-order valence-corrected chi connectivity index (χ1v) is 4.50. The highest BCUT2D eigenvalue weighted by Gasteiger charge is 2.13. The van der Waals surface area contributed by atoms with E-state index in [1.165, 1.54) is 0 Å². The molecule has 1 atom stereocenters. The summed E-state index contributed by atoms with van der Waals surface area (Å²) in [6.07, 6.45) is 0. The van der Waals surface area contributed by atoms with Crippen LogP contribution >= 0.6 is 0 Å². The molecule has 0 amide bonds. The van der Waals surface area contributed by atoms with E-state index < -0.39 is 0 Å². The topological polar surface area (TPSA) is 79.7 Å². The number of aromatic nitrogens is 2. The maximum atomic E-state index is 8.92. The summed E-state index contributed by atoms with van der Waals surface area (Å²) in [7, 11) is 1.80. The van der Waals surface area contributed by atoms with Crippen molar-refractivity contribution >= 4 is 5.82 Å². The van der Waals surface area contributed by atoms with E-state index in [9.17, 15) is 0 Å². The molecule has 0 aliphatic heterocycles. The molecule has 5 heteroatoms. The van der Waals surface area contributed by atoms with Gasteiger partial charge in [-0.1, -0.05) is 0 Å². The average Bonchev–Trinajstić information content (AvgIpc) is 2.41. The van der Waals surface area contributed by atoms with Crippen molar-refractivity contribution in [1.82, 2.24) is 9.78 Å². The Balaban J connectivity index is 3.02. The largest absolute Gasteiger partial charge is 0.365 e. The van der Waals surface area contributed by atoms with Gasteiger partial charge in [0.15, 0.2) is 0 Å². The number of anilines is 1. The van der Waals surface area contributed by atoms with Crippen LogP contribution in [0.5, 0.6) is 0 Å². The number of nitrogens with one attached hydrogen (secondary N) is 1. The number of hydrogen-bond acceptors (Lipinski definition) is 4. The van der Waals surface area contributed by atoms with Crippen LogP contribution in [0.15, 0.2) is 0 Å². The highest BCUT2D eigenvalue weighted by atomic mass is 15.3. The minimum Gasteiger partial charge on any atom is -0.365 e. The zero-order chi connectivity index (χ0) is 10.7. The highest BCUT2D eigenvalue weighted by molar-refractivity contribution is 5.55. The Hall–Kier alpha value is -1.54. The highest BCUT2D eigenvalue weighted by Crippen LogP contribution is 2.17. The summed E-state index contributed by atoms with van der Waals surface area (Å²) < 4.78 is 1.67. The van der Waals surface area contributed by atoms with Crippen molar-refractivity contribution in [3.63, 3.8) is 0 Å². The Morgan fingerprint density at radius 1 is 1.71 bits per heavy atom. The number of nitriles is 1. The monoisotopic (exact) mass is 193 g/mol. The SMILES string of the molecule is Cc1nn(C)c(NC(C)CN)c1C#N. The first-order chi connectivity index (χ1) is 6.60. The number of aryl methyl sites for hydroxylation is 2. The lowest BCUT2D eigenvalue weighted by atomic mass is 10.2. The predicted molar refractivity (Wildman–Crippen MR) is 54.8 cm³/mol. The predicted octanol–water partition coefficient (Wildman–Crippen LogP) is 0.359. The van der Waals surface area contributed by atoms with Gasteiger partial charge in [0.25, 0.3) is 0 Å². The van der Waals surface area contributed by atoms with Crippen molar-refractivity contribution < 1.29 is 0 Å². The molecule has 14 heavy (non-hydrogen) atoms. The van der Waals surface area contributed by atoms with Gasteiger partial charge in [-0.25, -0.2) is 0 Å². The second-order valence-corrected chi connectivity index (χ2v) is 3.33. The Morgan fingerprint density at radius 3 is 2.86 bits per heavy atom. The van der Waals surface area contributed by atoms with Gasteiger partial charge in [-0.3, -0.25) is 4.68 Å². The molecule has 3 N–H and O–H groups in total. The van der Waals surface area contributed by atoms with E-state index in [1.54, 1.807) is 11.7 Å². The molecule has 0 aliphatic rings. The van der Waals surface area contributed by atoms with Crippen LogP contribution in [0.3, 0.4) is 0 Å². The molecule has 5 nitrogen and oxygen atoms in total. The van der Waals surface area contributed by atoms with Gasteiger partial charge in [0, 0.05) is 19.6 Å². The van der Waals surface area contributed by atoms with Crippen LogP contribution in [-0.2, 0) is 7.05 Å². The molecule has 0 aliphatic carbocycles.